The Labute approximate surface area is 208 Å². The standard InChI is InChI=1S/C26H30N2O6S/c1-32-22-11-5-12-23(33-2)25(22)34-17-20(29)16-27-26(31)18-7-3-8-19(15-18)28-24(30)13-4-9-21-10-6-14-35-21/h3,5-8,10-12,14-15,20,29H,4,9,13,16-17H2,1-2H3,(H,27,31)(H,28,30). The van der Waals surface area contributed by atoms with Crippen LogP contribution in [0.15, 0.2) is 60.0 Å². The van der Waals surface area contributed by atoms with E-state index in [4.69, 9.17) is 14.2 Å². The lowest BCUT2D eigenvalue weighted by molar-refractivity contribution is -0.116. The molecule has 0 aliphatic heterocycles. The van der Waals surface area contributed by atoms with Gasteiger partial charge in [0, 0.05) is 29.1 Å². The normalized spacial score (nSPS) is 11.4. The molecule has 3 N–H and O–H groups in total. The molecular weight excluding hydrogens is 468 g/mol. The molecule has 35 heavy (non-hydrogen) atoms. The minimum absolute atomic E-state index is 0.0182. The first-order valence-corrected chi connectivity index (χ1v) is 12.1. The summed E-state index contributed by atoms with van der Waals surface area (Å²) >= 11 is 1.68. The maximum Gasteiger partial charge on any atom is 0.251 e. The Morgan fingerprint density at radius 1 is 1.03 bits per heavy atom. The van der Waals surface area contributed by atoms with Gasteiger partial charge in [0.15, 0.2) is 11.5 Å². The molecule has 3 rings (SSSR count). The number of benzene rings is 2. The fourth-order valence-corrected chi connectivity index (χ4v) is 4.10. The second-order valence-corrected chi connectivity index (χ2v) is 8.76. The zero-order valence-corrected chi connectivity index (χ0v) is 20.6. The Morgan fingerprint density at radius 2 is 1.77 bits per heavy atom. The summed E-state index contributed by atoms with van der Waals surface area (Å²) in [5.41, 5.74) is 0.923. The molecule has 2 amide bonds. The summed E-state index contributed by atoms with van der Waals surface area (Å²) < 4.78 is 16.2. The Hall–Kier alpha value is -3.56. The van der Waals surface area contributed by atoms with Crippen LogP contribution >= 0.6 is 11.3 Å². The summed E-state index contributed by atoms with van der Waals surface area (Å²) in [7, 11) is 3.03. The first-order valence-electron chi connectivity index (χ1n) is 11.2. The van der Waals surface area contributed by atoms with Gasteiger partial charge in [0.2, 0.25) is 11.7 Å². The van der Waals surface area contributed by atoms with Gasteiger partial charge in [0.1, 0.15) is 12.7 Å². The van der Waals surface area contributed by atoms with Crippen LogP contribution in [-0.2, 0) is 11.2 Å². The first-order chi connectivity index (χ1) is 17.0. The van der Waals surface area contributed by atoms with Crippen molar-refractivity contribution >= 4 is 28.8 Å². The van der Waals surface area contributed by atoms with E-state index in [-0.39, 0.29) is 25.0 Å². The first kappa shape index (κ1) is 26.1. The van der Waals surface area contributed by atoms with Gasteiger partial charge in [-0.25, -0.2) is 0 Å². The van der Waals surface area contributed by atoms with Crippen LogP contribution in [0.1, 0.15) is 28.1 Å². The van der Waals surface area contributed by atoms with Crippen molar-refractivity contribution in [2.75, 3.05) is 32.7 Å². The number of amides is 2. The number of hydrogen-bond acceptors (Lipinski definition) is 7. The van der Waals surface area contributed by atoms with E-state index in [0.29, 0.717) is 34.9 Å². The van der Waals surface area contributed by atoms with Crippen molar-refractivity contribution in [3.63, 3.8) is 0 Å². The van der Waals surface area contributed by atoms with Crippen LogP contribution in [0.25, 0.3) is 0 Å². The van der Waals surface area contributed by atoms with Gasteiger partial charge in [-0.3, -0.25) is 9.59 Å². The molecule has 1 atom stereocenters. The lowest BCUT2D eigenvalue weighted by Crippen LogP contribution is -2.35. The van der Waals surface area contributed by atoms with Gasteiger partial charge >= 0.3 is 0 Å². The molecule has 0 fully saturated rings. The van der Waals surface area contributed by atoms with E-state index in [1.165, 1.54) is 19.1 Å². The molecule has 0 aliphatic rings. The average molecular weight is 499 g/mol. The lowest BCUT2D eigenvalue weighted by Gasteiger charge is -2.17. The van der Waals surface area contributed by atoms with E-state index in [1.807, 2.05) is 11.4 Å². The number of nitrogens with one attached hydrogen (secondary N) is 2. The number of aliphatic hydroxyl groups is 1. The van der Waals surface area contributed by atoms with Crippen LogP contribution < -0.4 is 24.8 Å². The van der Waals surface area contributed by atoms with Crippen LogP contribution in [-0.4, -0.2) is 50.4 Å². The monoisotopic (exact) mass is 498 g/mol. The summed E-state index contributed by atoms with van der Waals surface area (Å²) in [5.74, 6) is 0.866. The number of hydrogen-bond donors (Lipinski definition) is 3. The summed E-state index contributed by atoms with van der Waals surface area (Å²) in [6.07, 6.45) is 1.06. The van der Waals surface area contributed by atoms with Gasteiger partial charge in [0.25, 0.3) is 5.91 Å². The Bertz CT molecular complexity index is 1080. The predicted octanol–water partition coefficient (Wildman–Crippen LogP) is 3.90. The van der Waals surface area contributed by atoms with Crippen molar-refractivity contribution in [2.45, 2.75) is 25.4 Å². The van der Waals surface area contributed by atoms with Crippen LogP contribution in [0.5, 0.6) is 17.2 Å². The van der Waals surface area contributed by atoms with Crippen molar-refractivity contribution in [1.29, 1.82) is 0 Å². The predicted molar refractivity (Wildman–Crippen MR) is 136 cm³/mol. The molecule has 186 valence electrons. The number of thiophene rings is 1. The molecule has 3 aromatic rings. The van der Waals surface area contributed by atoms with E-state index in [1.54, 1.807) is 53.8 Å². The largest absolute Gasteiger partial charge is 0.493 e. The van der Waals surface area contributed by atoms with Gasteiger partial charge in [-0.1, -0.05) is 18.2 Å². The van der Waals surface area contributed by atoms with Crippen LogP contribution in [0.4, 0.5) is 5.69 Å². The fourth-order valence-electron chi connectivity index (χ4n) is 3.35. The number of anilines is 1. The molecule has 2 aromatic carbocycles. The Kier molecular flexibility index (Phi) is 9.94. The highest BCUT2D eigenvalue weighted by atomic mass is 32.1. The molecule has 1 aromatic heterocycles. The number of methoxy groups -OCH3 is 2. The van der Waals surface area contributed by atoms with Crippen molar-refractivity contribution in [3.8, 4) is 17.2 Å². The number of para-hydroxylation sites is 1. The molecule has 1 unspecified atom stereocenters. The topological polar surface area (TPSA) is 106 Å². The van der Waals surface area contributed by atoms with Crippen molar-refractivity contribution < 1.29 is 28.9 Å². The van der Waals surface area contributed by atoms with E-state index in [9.17, 15) is 14.7 Å². The van der Waals surface area contributed by atoms with Gasteiger partial charge in [-0.2, -0.15) is 0 Å². The molecule has 1 heterocycles. The molecule has 0 aliphatic carbocycles. The second-order valence-electron chi connectivity index (χ2n) is 7.73. The molecule has 9 heteroatoms. The van der Waals surface area contributed by atoms with Crippen molar-refractivity contribution in [3.05, 3.63) is 70.4 Å². The lowest BCUT2D eigenvalue weighted by atomic mass is 10.1. The third-order valence-electron chi connectivity index (χ3n) is 5.12. The summed E-state index contributed by atoms with van der Waals surface area (Å²) in [5, 5.41) is 17.8. The number of aliphatic hydroxyl groups excluding tert-OH is 1. The molecule has 0 saturated carbocycles. The van der Waals surface area contributed by atoms with Gasteiger partial charge in [-0.15, -0.1) is 11.3 Å². The average Bonchev–Trinajstić information content (AvgIpc) is 3.39. The fraction of sp³-hybridized carbons (Fsp3) is 0.308. The van der Waals surface area contributed by atoms with E-state index in [0.717, 1.165) is 12.8 Å². The third-order valence-corrected chi connectivity index (χ3v) is 6.05. The van der Waals surface area contributed by atoms with E-state index < -0.39 is 6.10 Å². The molecule has 0 saturated heterocycles. The van der Waals surface area contributed by atoms with Crippen LogP contribution in [0.3, 0.4) is 0 Å². The molecule has 8 nitrogen and oxygen atoms in total. The van der Waals surface area contributed by atoms with Crippen molar-refractivity contribution in [1.82, 2.24) is 5.32 Å². The highest BCUT2D eigenvalue weighted by Gasteiger charge is 2.15. The quantitative estimate of drug-likeness (QED) is 0.330. The number of rotatable bonds is 13. The number of carbonyl (C=O) groups excluding carboxylic acids is 2. The summed E-state index contributed by atoms with van der Waals surface area (Å²) in [6, 6.07) is 16.0. The zero-order chi connectivity index (χ0) is 25.0. The molecule has 0 bridgehead atoms. The maximum atomic E-state index is 12.6. The second kappa shape index (κ2) is 13.4. The number of carbonyl (C=O) groups is 2. The van der Waals surface area contributed by atoms with Crippen LogP contribution in [0.2, 0.25) is 0 Å². The van der Waals surface area contributed by atoms with Gasteiger partial charge in [0.05, 0.1) is 14.2 Å². The Balaban J connectivity index is 1.45. The Morgan fingerprint density at radius 3 is 2.46 bits per heavy atom. The van der Waals surface area contributed by atoms with Crippen molar-refractivity contribution in [2.24, 2.45) is 0 Å². The highest BCUT2D eigenvalue weighted by Crippen LogP contribution is 2.36. The minimum atomic E-state index is -0.959. The van der Waals surface area contributed by atoms with Gasteiger partial charge in [-0.05, 0) is 54.6 Å². The molecule has 0 spiro atoms. The third kappa shape index (κ3) is 8.01. The zero-order valence-electron chi connectivity index (χ0n) is 19.8. The highest BCUT2D eigenvalue weighted by molar-refractivity contribution is 7.09. The van der Waals surface area contributed by atoms with E-state index in [2.05, 4.69) is 16.7 Å². The smallest absolute Gasteiger partial charge is 0.251 e. The van der Waals surface area contributed by atoms with E-state index >= 15 is 0 Å². The van der Waals surface area contributed by atoms with Crippen LogP contribution in [0, 0.1) is 0 Å². The maximum absolute atomic E-state index is 12.6. The van der Waals surface area contributed by atoms with Gasteiger partial charge < -0.3 is 30.0 Å². The SMILES string of the molecule is COc1cccc(OC)c1OCC(O)CNC(=O)c1cccc(NC(=O)CCCc2cccs2)c1. The molecular formula is C26H30N2O6S. The minimum Gasteiger partial charge on any atom is -0.493 e. The molecule has 0 radical (unpaired) electrons. The number of ether oxygens (including phenoxy) is 3. The summed E-state index contributed by atoms with van der Waals surface area (Å²) in [6.45, 7) is -0.0891. The summed E-state index contributed by atoms with van der Waals surface area (Å²) in [4.78, 5) is 26.1. The number of aryl methyl sites for hydroxylation is 1.